The van der Waals surface area contributed by atoms with Crippen LogP contribution in [0.25, 0.3) is 0 Å². The summed E-state index contributed by atoms with van der Waals surface area (Å²) in [6.07, 6.45) is 11.5. The first-order valence-corrected chi connectivity index (χ1v) is 9.57. The smallest absolute Gasteiger partial charge is 0.142 e. The molecule has 0 radical (unpaired) electrons. The highest BCUT2D eigenvalue weighted by molar-refractivity contribution is 5.94. The predicted molar refractivity (Wildman–Crippen MR) is 90.8 cm³/mol. The van der Waals surface area contributed by atoms with Gasteiger partial charge in [-0.15, -0.1) is 0 Å². The fourth-order valence-corrected chi connectivity index (χ4v) is 5.52. The van der Waals surface area contributed by atoms with Gasteiger partial charge in [0.1, 0.15) is 5.78 Å². The van der Waals surface area contributed by atoms with Crippen molar-refractivity contribution >= 4 is 5.78 Å². The third-order valence-electron chi connectivity index (χ3n) is 6.99. The van der Waals surface area contributed by atoms with Crippen LogP contribution in [-0.4, -0.2) is 28.2 Å². The summed E-state index contributed by atoms with van der Waals surface area (Å²) in [7, 11) is 0. The van der Waals surface area contributed by atoms with Crippen molar-refractivity contribution in [2.75, 3.05) is 0 Å². The molecule has 0 aromatic rings. The lowest BCUT2D eigenvalue weighted by Crippen LogP contribution is -2.62. The van der Waals surface area contributed by atoms with E-state index in [4.69, 9.17) is 0 Å². The first-order valence-electron chi connectivity index (χ1n) is 9.57. The van der Waals surface area contributed by atoms with Crippen LogP contribution >= 0.6 is 0 Å². The molecule has 3 saturated carbocycles. The summed E-state index contributed by atoms with van der Waals surface area (Å²) >= 11 is 0. The molecule has 3 rings (SSSR count). The van der Waals surface area contributed by atoms with E-state index in [0.29, 0.717) is 18.1 Å². The van der Waals surface area contributed by atoms with Gasteiger partial charge in [-0.05, 0) is 43.9 Å². The van der Waals surface area contributed by atoms with Gasteiger partial charge in [0.25, 0.3) is 0 Å². The monoisotopic (exact) mass is 320 g/mol. The normalized spacial score (nSPS) is 43.2. The summed E-state index contributed by atoms with van der Waals surface area (Å²) in [6, 6.07) is 0. The van der Waals surface area contributed by atoms with E-state index < -0.39 is 6.10 Å². The quantitative estimate of drug-likeness (QED) is 0.780. The molecule has 3 heteroatoms. The fourth-order valence-electron chi connectivity index (χ4n) is 5.52. The highest BCUT2D eigenvalue weighted by Gasteiger charge is 2.62. The van der Waals surface area contributed by atoms with Gasteiger partial charge >= 0.3 is 0 Å². The molecule has 0 aromatic carbocycles. The number of Topliss-reactive ketones (excluding diaryl/α,β-unsaturated/α-hetero) is 1. The minimum Gasteiger partial charge on any atom is -0.393 e. The molecule has 2 N–H and O–H groups in total. The molecule has 0 amide bonds. The molecule has 130 valence electrons. The van der Waals surface area contributed by atoms with E-state index in [0.717, 1.165) is 25.7 Å². The number of rotatable bonds is 4. The third-order valence-corrected chi connectivity index (χ3v) is 6.99. The third kappa shape index (κ3) is 2.91. The Kier molecular flexibility index (Phi) is 4.98. The summed E-state index contributed by atoms with van der Waals surface area (Å²) < 4.78 is 0. The topological polar surface area (TPSA) is 57.5 Å². The molecule has 0 spiro atoms. The predicted octanol–water partition coefficient (Wildman–Crippen LogP) is 3.49. The average Bonchev–Trinajstić information content (AvgIpc) is 2.58. The molecule has 3 aliphatic carbocycles. The Labute approximate surface area is 140 Å². The van der Waals surface area contributed by atoms with Gasteiger partial charge in [0.05, 0.1) is 12.2 Å². The number of carbonyl (C=O) groups excluding carboxylic acids is 1. The Balaban J connectivity index is 1.71. The van der Waals surface area contributed by atoms with Crippen molar-refractivity contribution in [1.29, 1.82) is 0 Å². The lowest BCUT2D eigenvalue weighted by Gasteiger charge is -2.58. The second-order valence-corrected chi connectivity index (χ2v) is 8.28. The lowest BCUT2D eigenvalue weighted by molar-refractivity contribution is -0.172. The van der Waals surface area contributed by atoms with E-state index in [1.807, 2.05) is 12.2 Å². The highest BCUT2D eigenvalue weighted by Crippen LogP contribution is 2.59. The minimum absolute atomic E-state index is 0.0228. The average molecular weight is 320 g/mol. The van der Waals surface area contributed by atoms with E-state index in [1.54, 1.807) is 0 Å². The van der Waals surface area contributed by atoms with E-state index in [2.05, 4.69) is 13.8 Å². The van der Waals surface area contributed by atoms with Crippen LogP contribution < -0.4 is 0 Å². The second kappa shape index (κ2) is 6.68. The van der Waals surface area contributed by atoms with E-state index in [9.17, 15) is 15.0 Å². The zero-order valence-electron chi connectivity index (χ0n) is 14.6. The molecule has 0 heterocycles. The minimum atomic E-state index is -0.397. The van der Waals surface area contributed by atoms with Crippen molar-refractivity contribution in [3.8, 4) is 0 Å². The van der Waals surface area contributed by atoms with Crippen LogP contribution in [0.3, 0.4) is 0 Å². The Bertz CT molecular complexity index is 466. The lowest BCUT2D eigenvalue weighted by atomic mass is 9.44. The first-order chi connectivity index (χ1) is 11.0. The van der Waals surface area contributed by atoms with Gasteiger partial charge < -0.3 is 10.2 Å². The first kappa shape index (κ1) is 17.2. The van der Waals surface area contributed by atoms with Gasteiger partial charge in [0.2, 0.25) is 0 Å². The highest BCUT2D eigenvalue weighted by atomic mass is 16.3. The van der Waals surface area contributed by atoms with Crippen molar-refractivity contribution in [3.63, 3.8) is 0 Å². The van der Waals surface area contributed by atoms with Crippen LogP contribution in [-0.2, 0) is 4.79 Å². The van der Waals surface area contributed by atoms with E-state index in [-0.39, 0.29) is 29.3 Å². The van der Waals surface area contributed by atoms with Gasteiger partial charge in [0, 0.05) is 17.3 Å². The maximum atomic E-state index is 12.4. The van der Waals surface area contributed by atoms with Crippen molar-refractivity contribution in [3.05, 3.63) is 12.2 Å². The molecule has 6 atom stereocenters. The Morgan fingerprint density at radius 2 is 1.96 bits per heavy atom. The Morgan fingerprint density at radius 3 is 2.61 bits per heavy atom. The molecule has 1 unspecified atom stereocenters. The van der Waals surface area contributed by atoms with Crippen molar-refractivity contribution in [2.24, 2.45) is 29.1 Å². The van der Waals surface area contributed by atoms with Crippen LogP contribution in [0, 0.1) is 29.1 Å². The number of aliphatic hydroxyl groups is 2. The van der Waals surface area contributed by atoms with E-state index in [1.165, 1.54) is 19.3 Å². The van der Waals surface area contributed by atoms with Gasteiger partial charge in [-0.3, -0.25) is 4.79 Å². The molecule has 0 bridgehead atoms. The van der Waals surface area contributed by atoms with E-state index >= 15 is 0 Å². The molecular weight excluding hydrogens is 288 g/mol. The van der Waals surface area contributed by atoms with Gasteiger partial charge in [0.15, 0.2) is 0 Å². The molecule has 0 saturated heterocycles. The summed E-state index contributed by atoms with van der Waals surface area (Å²) in [5.74, 6) is 1.13. The fraction of sp³-hybridized carbons (Fsp3) is 0.850. The summed E-state index contributed by atoms with van der Waals surface area (Å²) in [5, 5.41) is 20.9. The van der Waals surface area contributed by atoms with Gasteiger partial charge in [-0.1, -0.05) is 45.3 Å². The second-order valence-electron chi connectivity index (χ2n) is 8.28. The number of hydrogen-bond donors (Lipinski definition) is 2. The molecule has 0 aromatic heterocycles. The van der Waals surface area contributed by atoms with Crippen LogP contribution in [0.2, 0.25) is 0 Å². The number of aliphatic hydroxyl groups excluding tert-OH is 2. The number of carbonyl (C=O) groups is 1. The Hall–Kier alpha value is -0.670. The summed E-state index contributed by atoms with van der Waals surface area (Å²) in [6.45, 7) is 4.15. The largest absolute Gasteiger partial charge is 0.393 e. The van der Waals surface area contributed by atoms with Crippen molar-refractivity contribution < 1.29 is 15.0 Å². The number of hydrogen-bond acceptors (Lipinski definition) is 3. The Morgan fingerprint density at radius 1 is 1.26 bits per heavy atom. The molecule has 0 aliphatic heterocycles. The molecule has 3 fully saturated rings. The van der Waals surface area contributed by atoms with Gasteiger partial charge in [-0.25, -0.2) is 0 Å². The van der Waals surface area contributed by atoms with Crippen LogP contribution in [0.4, 0.5) is 0 Å². The van der Waals surface area contributed by atoms with Gasteiger partial charge in [-0.2, -0.15) is 0 Å². The molecule has 3 nitrogen and oxygen atoms in total. The van der Waals surface area contributed by atoms with Crippen molar-refractivity contribution in [1.82, 2.24) is 0 Å². The standard InChI is InChI=1S/C20H32O3/c1-3-14-18-15(17(22)11-12-20(18,2)19(14)23)9-10-16(21)13-7-5-4-6-8-13/h9-10,13-18,21-22H,3-8,11-12H2,1-2H3/t14?,15-,16+,17+,18+,20-/m0/s1. The summed E-state index contributed by atoms with van der Waals surface area (Å²) in [5.41, 5.74) is -0.245. The molecular formula is C20H32O3. The van der Waals surface area contributed by atoms with Crippen LogP contribution in [0.15, 0.2) is 12.2 Å². The summed E-state index contributed by atoms with van der Waals surface area (Å²) in [4.78, 5) is 12.4. The van der Waals surface area contributed by atoms with Crippen molar-refractivity contribution in [2.45, 2.75) is 77.4 Å². The van der Waals surface area contributed by atoms with Crippen LogP contribution in [0.5, 0.6) is 0 Å². The SMILES string of the molecule is CCC1C(=O)[C@@]2(C)CC[C@@H](O)[C@H](C=C[C@@H](O)C3CCCCC3)[C@@H]12. The number of fused-ring (bicyclic) bond motifs is 1. The number of ketones is 1. The molecule has 23 heavy (non-hydrogen) atoms. The van der Waals surface area contributed by atoms with Crippen LogP contribution in [0.1, 0.15) is 65.2 Å². The molecule has 3 aliphatic rings. The zero-order valence-corrected chi connectivity index (χ0v) is 14.6. The maximum Gasteiger partial charge on any atom is 0.142 e. The maximum absolute atomic E-state index is 12.4. The zero-order chi connectivity index (χ0) is 16.6.